The van der Waals surface area contributed by atoms with Crippen molar-refractivity contribution in [1.29, 1.82) is 0 Å². The molecule has 13 heavy (non-hydrogen) atoms. The van der Waals surface area contributed by atoms with E-state index in [1.807, 2.05) is 6.07 Å². The zero-order valence-corrected chi connectivity index (χ0v) is 7.58. The van der Waals surface area contributed by atoms with Crippen LogP contribution < -0.4 is 0 Å². The summed E-state index contributed by atoms with van der Waals surface area (Å²) in [5.74, 6) is 0.614. The fourth-order valence-electron chi connectivity index (χ4n) is 1.94. The molecule has 0 saturated heterocycles. The van der Waals surface area contributed by atoms with Gasteiger partial charge in [0.05, 0.1) is 5.56 Å². The van der Waals surface area contributed by atoms with Crippen LogP contribution in [0.4, 0.5) is 0 Å². The quantitative estimate of drug-likeness (QED) is 0.657. The van der Waals surface area contributed by atoms with E-state index in [0.717, 1.165) is 12.0 Å². The van der Waals surface area contributed by atoms with Crippen LogP contribution in [0.5, 0.6) is 5.75 Å². The molecule has 1 atom stereocenters. The molecule has 0 bridgehead atoms. The lowest BCUT2D eigenvalue weighted by Gasteiger charge is -2.20. The Morgan fingerprint density at radius 2 is 2.15 bits per heavy atom. The average molecular weight is 176 g/mol. The van der Waals surface area contributed by atoms with E-state index in [2.05, 4.69) is 6.92 Å². The minimum absolute atomic E-state index is 0.0758. The Hall–Kier alpha value is -1.31. The number of benzene rings is 1. The first-order chi connectivity index (χ1) is 6.18. The summed E-state index contributed by atoms with van der Waals surface area (Å²) < 4.78 is 0. The Kier molecular flexibility index (Phi) is 1.83. The van der Waals surface area contributed by atoms with Gasteiger partial charge in [-0.05, 0) is 24.0 Å². The van der Waals surface area contributed by atoms with Gasteiger partial charge in [-0.2, -0.15) is 0 Å². The summed E-state index contributed by atoms with van der Waals surface area (Å²) in [6, 6.07) is 5.29. The lowest BCUT2D eigenvalue weighted by molar-refractivity contribution is 0.0950. The number of phenols is 1. The van der Waals surface area contributed by atoms with Crippen molar-refractivity contribution in [2.45, 2.75) is 19.8 Å². The van der Waals surface area contributed by atoms with Crippen molar-refractivity contribution in [2.75, 3.05) is 0 Å². The Labute approximate surface area is 77.2 Å². The van der Waals surface area contributed by atoms with Crippen LogP contribution in [-0.2, 0) is 6.42 Å². The molecule has 1 aliphatic carbocycles. The molecular formula is C11H12O2. The minimum Gasteiger partial charge on any atom is -0.507 e. The standard InChI is InChI=1S/C11H12O2/c1-7-5-8-3-2-4-9(12)11(8)10(13)6-7/h2-4,7,12H,5-6H2,1H3/t7-/m1/s1. The summed E-state index contributed by atoms with van der Waals surface area (Å²) in [6.07, 6.45) is 1.46. The van der Waals surface area contributed by atoms with Crippen LogP contribution in [0, 0.1) is 5.92 Å². The predicted molar refractivity (Wildman–Crippen MR) is 49.9 cm³/mol. The van der Waals surface area contributed by atoms with E-state index in [0.29, 0.717) is 17.9 Å². The highest BCUT2D eigenvalue weighted by molar-refractivity contribution is 6.01. The van der Waals surface area contributed by atoms with Gasteiger partial charge in [0.2, 0.25) is 0 Å². The molecule has 68 valence electrons. The van der Waals surface area contributed by atoms with Crippen molar-refractivity contribution in [3.63, 3.8) is 0 Å². The largest absolute Gasteiger partial charge is 0.507 e. The van der Waals surface area contributed by atoms with Gasteiger partial charge in [0.15, 0.2) is 5.78 Å². The molecule has 0 heterocycles. The second-order valence-electron chi connectivity index (χ2n) is 3.75. The molecule has 2 rings (SSSR count). The summed E-state index contributed by atoms with van der Waals surface area (Å²) in [5.41, 5.74) is 1.53. The summed E-state index contributed by atoms with van der Waals surface area (Å²) in [6.45, 7) is 2.06. The zero-order chi connectivity index (χ0) is 9.42. The number of Topliss-reactive ketones (excluding diaryl/α,β-unsaturated/α-hetero) is 1. The third-order valence-electron chi connectivity index (χ3n) is 2.51. The molecule has 1 aliphatic rings. The predicted octanol–water partition coefficient (Wildman–Crippen LogP) is 2.16. The van der Waals surface area contributed by atoms with E-state index >= 15 is 0 Å². The maximum absolute atomic E-state index is 11.6. The number of rotatable bonds is 0. The van der Waals surface area contributed by atoms with Crippen LogP contribution in [0.15, 0.2) is 18.2 Å². The van der Waals surface area contributed by atoms with Crippen molar-refractivity contribution in [2.24, 2.45) is 5.92 Å². The highest BCUT2D eigenvalue weighted by Gasteiger charge is 2.24. The van der Waals surface area contributed by atoms with Gasteiger partial charge >= 0.3 is 0 Å². The summed E-state index contributed by atoms with van der Waals surface area (Å²) in [5, 5.41) is 9.49. The first-order valence-corrected chi connectivity index (χ1v) is 4.52. The van der Waals surface area contributed by atoms with Crippen molar-refractivity contribution in [3.8, 4) is 5.75 Å². The van der Waals surface area contributed by atoms with Gasteiger partial charge in [-0.1, -0.05) is 19.1 Å². The van der Waals surface area contributed by atoms with E-state index in [-0.39, 0.29) is 11.5 Å². The lowest BCUT2D eigenvalue weighted by atomic mass is 9.84. The number of ketones is 1. The van der Waals surface area contributed by atoms with Gasteiger partial charge in [-0.25, -0.2) is 0 Å². The number of hydrogen-bond donors (Lipinski definition) is 1. The molecule has 0 aromatic heterocycles. The molecule has 2 heteroatoms. The molecular weight excluding hydrogens is 164 g/mol. The van der Waals surface area contributed by atoms with Crippen LogP contribution in [0.3, 0.4) is 0 Å². The van der Waals surface area contributed by atoms with Crippen LogP contribution in [0.25, 0.3) is 0 Å². The number of phenolic OH excluding ortho intramolecular Hbond substituents is 1. The van der Waals surface area contributed by atoms with Crippen molar-refractivity contribution in [3.05, 3.63) is 29.3 Å². The van der Waals surface area contributed by atoms with Gasteiger partial charge < -0.3 is 5.11 Å². The third kappa shape index (κ3) is 1.32. The topological polar surface area (TPSA) is 37.3 Å². The average Bonchev–Trinajstić information content (AvgIpc) is 2.02. The fraction of sp³-hybridized carbons (Fsp3) is 0.364. The molecule has 0 aliphatic heterocycles. The Bertz CT molecular complexity index is 355. The molecule has 1 aromatic rings. The smallest absolute Gasteiger partial charge is 0.167 e. The first kappa shape index (κ1) is 8.30. The SMILES string of the molecule is C[C@H]1CC(=O)c2c(O)cccc2C1. The molecule has 0 radical (unpaired) electrons. The Morgan fingerprint density at radius 1 is 1.38 bits per heavy atom. The molecule has 1 N–H and O–H groups in total. The monoisotopic (exact) mass is 176 g/mol. The highest BCUT2D eigenvalue weighted by Crippen LogP contribution is 2.30. The number of hydrogen-bond acceptors (Lipinski definition) is 2. The summed E-state index contributed by atoms with van der Waals surface area (Å²) in [7, 11) is 0. The van der Waals surface area contributed by atoms with Crippen LogP contribution in [0.2, 0.25) is 0 Å². The molecule has 0 amide bonds. The highest BCUT2D eigenvalue weighted by atomic mass is 16.3. The van der Waals surface area contributed by atoms with Crippen molar-refractivity contribution >= 4 is 5.78 Å². The van der Waals surface area contributed by atoms with Crippen molar-refractivity contribution in [1.82, 2.24) is 0 Å². The van der Waals surface area contributed by atoms with Gasteiger partial charge in [-0.3, -0.25) is 4.79 Å². The second-order valence-corrected chi connectivity index (χ2v) is 3.75. The van der Waals surface area contributed by atoms with Crippen LogP contribution >= 0.6 is 0 Å². The number of carbonyl (C=O) groups is 1. The van der Waals surface area contributed by atoms with Gasteiger partial charge in [0.1, 0.15) is 5.75 Å². The normalized spacial score (nSPS) is 21.3. The van der Waals surface area contributed by atoms with E-state index in [4.69, 9.17) is 0 Å². The van der Waals surface area contributed by atoms with Crippen molar-refractivity contribution < 1.29 is 9.90 Å². The third-order valence-corrected chi connectivity index (χ3v) is 2.51. The molecule has 0 fully saturated rings. The Balaban J connectivity index is 2.55. The van der Waals surface area contributed by atoms with Gasteiger partial charge in [-0.15, -0.1) is 0 Å². The maximum atomic E-state index is 11.6. The first-order valence-electron chi connectivity index (χ1n) is 4.52. The van der Waals surface area contributed by atoms with E-state index in [1.165, 1.54) is 0 Å². The van der Waals surface area contributed by atoms with Gasteiger partial charge in [0, 0.05) is 6.42 Å². The van der Waals surface area contributed by atoms with Gasteiger partial charge in [0.25, 0.3) is 0 Å². The number of aromatic hydroxyl groups is 1. The van der Waals surface area contributed by atoms with Crippen LogP contribution in [0.1, 0.15) is 29.3 Å². The van der Waals surface area contributed by atoms with E-state index in [9.17, 15) is 9.90 Å². The van der Waals surface area contributed by atoms with E-state index < -0.39 is 0 Å². The number of carbonyl (C=O) groups excluding carboxylic acids is 1. The maximum Gasteiger partial charge on any atom is 0.167 e. The molecule has 0 saturated carbocycles. The molecule has 2 nitrogen and oxygen atoms in total. The van der Waals surface area contributed by atoms with E-state index in [1.54, 1.807) is 12.1 Å². The Morgan fingerprint density at radius 3 is 2.92 bits per heavy atom. The summed E-state index contributed by atoms with van der Waals surface area (Å²) >= 11 is 0. The molecule has 1 aromatic carbocycles. The van der Waals surface area contributed by atoms with Crippen LogP contribution in [-0.4, -0.2) is 10.9 Å². The number of fused-ring (bicyclic) bond motifs is 1. The fourth-order valence-corrected chi connectivity index (χ4v) is 1.94. The molecule has 0 spiro atoms. The second kappa shape index (κ2) is 2.87. The minimum atomic E-state index is 0.0758. The lowest BCUT2D eigenvalue weighted by Crippen LogP contribution is -2.17. The molecule has 0 unspecified atom stereocenters. The zero-order valence-electron chi connectivity index (χ0n) is 7.58. The summed E-state index contributed by atoms with van der Waals surface area (Å²) in [4.78, 5) is 11.6.